The molecule has 0 atom stereocenters. The number of methoxy groups -OCH3 is 1. The third-order valence-corrected chi connectivity index (χ3v) is 4.43. The Morgan fingerprint density at radius 1 is 1.43 bits per heavy atom. The number of carbonyl (C=O) groups is 1. The molecule has 0 aliphatic carbocycles. The number of hydrogen-bond donors (Lipinski definition) is 1. The molecule has 2 rings (SSSR count). The van der Waals surface area contributed by atoms with Gasteiger partial charge in [0.1, 0.15) is 5.75 Å². The van der Waals surface area contributed by atoms with Crippen LogP contribution in [0.3, 0.4) is 0 Å². The predicted molar refractivity (Wildman–Crippen MR) is 92.9 cm³/mol. The van der Waals surface area contributed by atoms with E-state index in [1.54, 1.807) is 13.2 Å². The molecule has 0 saturated carbocycles. The predicted octanol–water partition coefficient (Wildman–Crippen LogP) is 4.64. The van der Waals surface area contributed by atoms with Gasteiger partial charge >= 0.3 is 0 Å². The highest BCUT2D eigenvalue weighted by Crippen LogP contribution is 2.33. The minimum Gasteiger partial charge on any atom is -0.495 e. The van der Waals surface area contributed by atoms with Crippen molar-refractivity contribution >= 4 is 60.3 Å². The number of aromatic nitrogens is 1. The number of benzene rings is 1. The van der Waals surface area contributed by atoms with Gasteiger partial charge in [-0.25, -0.2) is 4.98 Å². The molecule has 0 radical (unpaired) electrons. The fraction of sp³-hybridized carbons (Fsp3) is 0.143. The van der Waals surface area contributed by atoms with Crippen molar-refractivity contribution in [2.45, 2.75) is 6.92 Å². The van der Waals surface area contributed by atoms with Gasteiger partial charge in [-0.05, 0) is 41.1 Å². The zero-order valence-electron chi connectivity index (χ0n) is 11.3. The number of halogens is 2. The van der Waals surface area contributed by atoms with Crippen molar-refractivity contribution in [3.63, 3.8) is 0 Å². The molecule has 0 bridgehead atoms. The topological polar surface area (TPSA) is 51.2 Å². The van der Waals surface area contributed by atoms with Crippen LogP contribution in [-0.4, -0.2) is 18.0 Å². The minimum atomic E-state index is -0.234. The summed E-state index contributed by atoms with van der Waals surface area (Å²) in [5.74, 6) is 0.440. The van der Waals surface area contributed by atoms with Crippen LogP contribution >= 0.6 is 43.2 Å². The highest BCUT2D eigenvalue weighted by molar-refractivity contribution is 9.11. The number of carbonyl (C=O) groups excluding carboxylic acids is 1. The Bertz CT molecular complexity index is 698. The zero-order chi connectivity index (χ0) is 15.4. The first-order valence-electron chi connectivity index (χ1n) is 5.94. The summed E-state index contributed by atoms with van der Waals surface area (Å²) in [4.78, 5) is 16.0. The van der Waals surface area contributed by atoms with Crippen LogP contribution in [0.25, 0.3) is 6.08 Å². The Kier molecular flexibility index (Phi) is 5.55. The molecule has 1 N–H and O–H groups in total. The fourth-order valence-corrected chi connectivity index (χ4v) is 3.75. The summed E-state index contributed by atoms with van der Waals surface area (Å²) in [6.07, 6.45) is 3.15. The second-order valence-corrected chi connectivity index (χ2v) is 6.75. The van der Waals surface area contributed by atoms with Crippen LogP contribution in [0.1, 0.15) is 11.3 Å². The minimum absolute atomic E-state index is 0.234. The molecule has 1 amide bonds. The maximum Gasteiger partial charge on any atom is 0.250 e. The molecule has 21 heavy (non-hydrogen) atoms. The van der Waals surface area contributed by atoms with Crippen LogP contribution in [0.4, 0.5) is 5.13 Å². The number of rotatable bonds is 4. The molecule has 1 heterocycles. The average molecular weight is 432 g/mol. The smallest absolute Gasteiger partial charge is 0.250 e. The highest BCUT2D eigenvalue weighted by Gasteiger charge is 2.08. The Morgan fingerprint density at radius 3 is 2.81 bits per heavy atom. The van der Waals surface area contributed by atoms with Crippen LogP contribution in [0.2, 0.25) is 0 Å². The normalized spacial score (nSPS) is 10.9. The van der Waals surface area contributed by atoms with Crippen molar-refractivity contribution in [2.24, 2.45) is 0 Å². The van der Waals surface area contributed by atoms with Crippen LogP contribution in [0.5, 0.6) is 5.75 Å². The zero-order valence-corrected chi connectivity index (χ0v) is 15.3. The lowest BCUT2D eigenvalue weighted by Crippen LogP contribution is -2.07. The van der Waals surface area contributed by atoms with Gasteiger partial charge in [-0.1, -0.05) is 15.9 Å². The molecule has 0 unspecified atom stereocenters. The number of aryl methyl sites for hydroxylation is 1. The molecular formula is C14H12Br2N2O2S. The Balaban J connectivity index is 2.15. The van der Waals surface area contributed by atoms with E-state index in [1.807, 2.05) is 24.4 Å². The van der Waals surface area contributed by atoms with Gasteiger partial charge in [-0.15, -0.1) is 11.3 Å². The second kappa shape index (κ2) is 7.20. The lowest BCUT2D eigenvalue weighted by Gasteiger charge is -2.08. The molecule has 0 saturated heterocycles. The average Bonchev–Trinajstić information content (AvgIpc) is 2.81. The summed E-state index contributed by atoms with van der Waals surface area (Å²) >= 11 is 8.23. The van der Waals surface area contributed by atoms with Gasteiger partial charge in [-0.3, -0.25) is 10.1 Å². The van der Waals surface area contributed by atoms with Crippen molar-refractivity contribution in [3.05, 3.63) is 43.8 Å². The van der Waals surface area contributed by atoms with Crippen molar-refractivity contribution < 1.29 is 9.53 Å². The van der Waals surface area contributed by atoms with Gasteiger partial charge in [0.15, 0.2) is 5.13 Å². The van der Waals surface area contributed by atoms with E-state index in [4.69, 9.17) is 4.74 Å². The van der Waals surface area contributed by atoms with E-state index >= 15 is 0 Å². The van der Waals surface area contributed by atoms with E-state index in [-0.39, 0.29) is 5.91 Å². The van der Waals surface area contributed by atoms with Crippen molar-refractivity contribution in [3.8, 4) is 5.75 Å². The largest absolute Gasteiger partial charge is 0.495 e. The summed E-state index contributed by atoms with van der Waals surface area (Å²) < 4.78 is 7.03. The first-order chi connectivity index (χ1) is 9.99. The maximum absolute atomic E-state index is 11.9. The Morgan fingerprint density at radius 2 is 2.19 bits per heavy atom. The van der Waals surface area contributed by atoms with E-state index in [9.17, 15) is 4.79 Å². The van der Waals surface area contributed by atoms with Gasteiger partial charge in [0.25, 0.3) is 0 Å². The van der Waals surface area contributed by atoms with Crippen LogP contribution in [0, 0.1) is 6.92 Å². The van der Waals surface area contributed by atoms with Crippen LogP contribution in [-0.2, 0) is 4.79 Å². The van der Waals surface area contributed by atoms with Crippen molar-refractivity contribution in [1.29, 1.82) is 0 Å². The van der Waals surface area contributed by atoms with Gasteiger partial charge in [0.2, 0.25) is 5.91 Å². The number of ether oxygens (including phenoxy) is 1. The maximum atomic E-state index is 11.9. The molecule has 0 fully saturated rings. The first-order valence-corrected chi connectivity index (χ1v) is 8.40. The van der Waals surface area contributed by atoms with E-state index < -0.39 is 0 Å². The molecule has 0 aliphatic rings. The van der Waals surface area contributed by atoms with Crippen molar-refractivity contribution in [2.75, 3.05) is 12.4 Å². The summed E-state index contributed by atoms with van der Waals surface area (Å²) in [6.45, 7) is 1.88. The van der Waals surface area contributed by atoms with Gasteiger partial charge in [0, 0.05) is 21.5 Å². The number of thiazole rings is 1. The number of amides is 1. The van der Waals surface area contributed by atoms with Crippen LogP contribution < -0.4 is 10.1 Å². The quantitative estimate of drug-likeness (QED) is 0.717. The first kappa shape index (κ1) is 16.2. The number of hydrogen-bond acceptors (Lipinski definition) is 4. The Labute approximate surface area is 143 Å². The third kappa shape index (κ3) is 4.39. The van der Waals surface area contributed by atoms with Gasteiger partial charge < -0.3 is 4.74 Å². The standard InChI is InChI=1S/C14H12Br2N2O2S/c1-8-7-21-14(17-8)18-12(19)4-3-9-5-10(15)6-11(16)13(9)20-2/h3-7H,1-2H3,(H,17,18,19)/b4-3+. The molecular weight excluding hydrogens is 420 g/mol. The van der Waals surface area contributed by atoms with Crippen LogP contribution in [0.15, 0.2) is 32.5 Å². The molecule has 7 heteroatoms. The lowest BCUT2D eigenvalue weighted by atomic mass is 10.2. The number of anilines is 1. The van der Waals surface area contributed by atoms with Gasteiger partial charge in [0.05, 0.1) is 17.3 Å². The third-order valence-electron chi connectivity index (χ3n) is 2.50. The highest BCUT2D eigenvalue weighted by atomic mass is 79.9. The molecule has 1 aromatic carbocycles. The van der Waals surface area contributed by atoms with E-state index in [0.717, 1.165) is 20.2 Å². The summed E-state index contributed by atoms with van der Waals surface area (Å²) in [6, 6.07) is 3.76. The lowest BCUT2D eigenvalue weighted by molar-refractivity contribution is -0.111. The van der Waals surface area contributed by atoms with E-state index in [1.165, 1.54) is 17.4 Å². The molecule has 110 valence electrons. The van der Waals surface area contributed by atoms with Crippen molar-refractivity contribution in [1.82, 2.24) is 4.98 Å². The molecule has 1 aromatic heterocycles. The Hall–Kier alpha value is -1.18. The number of nitrogens with one attached hydrogen (secondary N) is 1. The van der Waals surface area contributed by atoms with E-state index in [2.05, 4.69) is 42.2 Å². The summed E-state index contributed by atoms with van der Waals surface area (Å²) in [5, 5.41) is 5.19. The molecule has 0 aliphatic heterocycles. The molecule has 0 spiro atoms. The fourth-order valence-electron chi connectivity index (χ4n) is 1.64. The summed E-state index contributed by atoms with van der Waals surface area (Å²) in [7, 11) is 1.59. The van der Waals surface area contributed by atoms with E-state index in [0.29, 0.717) is 10.9 Å². The molecule has 2 aromatic rings. The summed E-state index contributed by atoms with van der Waals surface area (Å²) in [5.41, 5.74) is 1.68. The van der Waals surface area contributed by atoms with Gasteiger partial charge in [-0.2, -0.15) is 0 Å². The second-order valence-electron chi connectivity index (χ2n) is 4.13. The SMILES string of the molecule is COc1c(Br)cc(Br)cc1/C=C/C(=O)Nc1nc(C)cs1. The monoisotopic (exact) mass is 430 g/mol. The number of nitrogens with zero attached hydrogens (tertiary/aromatic N) is 1. The molecule has 4 nitrogen and oxygen atoms in total.